The predicted octanol–water partition coefficient (Wildman–Crippen LogP) is 1.85. The van der Waals surface area contributed by atoms with Crippen LogP contribution in [0.1, 0.15) is 19.8 Å². The Morgan fingerprint density at radius 1 is 1.37 bits per heavy atom. The van der Waals surface area contributed by atoms with E-state index in [0.29, 0.717) is 6.04 Å². The second-order valence-corrected chi connectivity index (χ2v) is 6.84. The summed E-state index contributed by atoms with van der Waals surface area (Å²) in [6, 6.07) is 3.77. The van der Waals surface area contributed by atoms with E-state index in [1.165, 1.54) is 19.1 Å². The number of rotatable bonds is 6. The minimum atomic E-state index is -3.74. The molecule has 19 heavy (non-hydrogen) atoms. The molecule has 0 heterocycles. The van der Waals surface area contributed by atoms with Gasteiger partial charge in [0.05, 0.1) is 10.9 Å². The van der Waals surface area contributed by atoms with Crippen molar-refractivity contribution in [2.45, 2.75) is 31.1 Å². The maximum Gasteiger partial charge on any atom is 0.236 e. The van der Waals surface area contributed by atoms with Crippen LogP contribution in [0.25, 0.3) is 0 Å². The van der Waals surface area contributed by atoms with Gasteiger partial charge in [0.15, 0.2) is 11.6 Å². The van der Waals surface area contributed by atoms with Gasteiger partial charge in [-0.2, -0.15) is 0 Å². The Bertz CT molecular complexity index is 559. The zero-order valence-corrected chi connectivity index (χ0v) is 11.3. The first-order valence-corrected chi connectivity index (χ1v) is 7.64. The van der Waals surface area contributed by atoms with E-state index in [4.69, 9.17) is 0 Å². The second kappa shape index (κ2) is 5.42. The molecule has 0 aliphatic heterocycles. The summed E-state index contributed by atoms with van der Waals surface area (Å²) in [4.78, 5) is 0. The van der Waals surface area contributed by atoms with Gasteiger partial charge < -0.3 is 5.32 Å². The second-order valence-electron chi connectivity index (χ2n) is 4.74. The van der Waals surface area contributed by atoms with E-state index in [9.17, 15) is 17.2 Å². The summed E-state index contributed by atoms with van der Waals surface area (Å²) in [5.41, 5.74) is -0.363. The minimum absolute atomic E-state index is 0.289. The van der Waals surface area contributed by atoms with E-state index >= 15 is 0 Å². The minimum Gasteiger partial charge on any atom is -0.313 e. The third-order valence-corrected chi connectivity index (χ3v) is 4.74. The van der Waals surface area contributed by atoms with Gasteiger partial charge in [-0.25, -0.2) is 17.2 Å². The van der Waals surface area contributed by atoms with Crippen molar-refractivity contribution in [1.82, 2.24) is 5.32 Å². The van der Waals surface area contributed by atoms with E-state index < -0.39 is 26.9 Å². The van der Waals surface area contributed by atoms with E-state index in [-0.39, 0.29) is 12.2 Å². The van der Waals surface area contributed by atoms with Gasteiger partial charge in [0.2, 0.25) is 10.0 Å². The molecular weight excluding hydrogens is 274 g/mol. The van der Waals surface area contributed by atoms with Gasteiger partial charge in [0.1, 0.15) is 0 Å². The smallest absolute Gasteiger partial charge is 0.236 e. The zero-order valence-electron chi connectivity index (χ0n) is 10.5. The number of hydrogen-bond donors (Lipinski definition) is 2. The van der Waals surface area contributed by atoms with Crippen molar-refractivity contribution in [3.05, 3.63) is 29.8 Å². The number of hydrogen-bond acceptors (Lipinski definition) is 3. The van der Waals surface area contributed by atoms with E-state index in [2.05, 4.69) is 10.0 Å². The molecule has 0 amide bonds. The number of benzene rings is 1. The van der Waals surface area contributed by atoms with Crippen LogP contribution in [0.2, 0.25) is 0 Å². The van der Waals surface area contributed by atoms with Gasteiger partial charge in [-0.05, 0) is 31.9 Å². The number of nitrogens with one attached hydrogen (secondary N) is 2. The first kappa shape index (κ1) is 14.2. The molecule has 4 nitrogen and oxygen atoms in total. The third kappa shape index (κ3) is 3.63. The van der Waals surface area contributed by atoms with Crippen molar-refractivity contribution in [3.63, 3.8) is 0 Å². The Balaban J connectivity index is 2.04. The molecule has 1 unspecified atom stereocenters. The normalized spacial score (nSPS) is 17.2. The molecule has 1 aromatic carbocycles. The first-order valence-electron chi connectivity index (χ1n) is 6.09. The molecule has 0 radical (unpaired) electrons. The van der Waals surface area contributed by atoms with E-state index in [1.54, 1.807) is 0 Å². The lowest BCUT2D eigenvalue weighted by Crippen LogP contribution is -2.35. The summed E-state index contributed by atoms with van der Waals surface area (Å²) in [6.45, 7) is 1.81. The maximum absolute atomic E-state index is 13.4. The average Bonchev–Trinajstić information content (AvgIpc) is 3.15. The topological polar surface area (TPSA) is 58.2 Å². The molecule has 0 bridgehead atoms. The molecule has 106 valence electrons. The van der Waals surface area contributed by atoms with Gasteiger partial charge in [-0.1, -0.05) is 6.07 Å². The van der Waals surface area contributed by atoms with Crippen LogP contribution < -0.4 is 10.0 Å². The molecule has 0 aromatic heterocycles. The summed E-state index contributed by atoms with van der Waals surface area (Å²) >= 11 is 0. The molecule has 1 aliphatic carbocycles. The highest BCUT2D eigenvalue weighted by Crippen LogP contribution is 2.21. The standard InChI is InChI=1S/C12H16F2N2O2S/c1-8(7-15-9-5-6-9)19(17,18)16-11-4-2-3-10(13)12(11)14/h2-4,8-9,15-16H,5-7H2,1H3. The lowest BCUT2D eigenvalue weighted by molar-refractivity contribution is 0.511. The SMILES string of the molecule is CC(CNC1CC1)S(=O)(=O)Nc1cccc(F)c1F. The Morgan fingerprint density at radius 2 is 2.05 bits per heavy atom. The molecule has 2 N–H and O–H groups in total. The molecule has 7 heteroatoms. The molecule has 1 atom stereocenters. The fourth-order valence-corrected chi connectivity index (χ4v) is 2.55. The lowest BCUT2D eigenvalue weighted by atomic mass is 10.3. The van der Waals surface area contributed by atoms with Gasteiger partial charge >= 0.3 is 0 Å². The number of sulfonamides is 1. The van der Waals surface area contributed by atoms with E-state index in [1.807, 2.05) is 0 Å². The highest BCUT2D eigenvalue weighted by Gasteiger charge is 2.26. The van der Waals surface area contributed by atoms with Crippen LogP contribution >= 0.6 is 0 Å². The largest absolute Gasteiger partial charge is 0.313 e. The summed E-state index contributed by atoms with van der Waals surface area (Å²) in [5.74, 6) is -2.27. The molecule has 0 spiro atoms. The quantitative estimate of drug-likeness (QED) is 0.840. The molecule has 1 saturated carbocycles. The molecule has 2 rings (SSSR count). The third-order valence-electron chi connectivity index (χ3n) is 3.00. The van der Waals surface area contributed by atoms with Crippen LogP contribution in [0, 0.1) is 11.6 Å². The molecule has 0 saturated heterocycles. The van der Waals surface area contributed by atoms with Crippen LogP contribution in [0.5, 0.6) is 0 Å². The molecule has 1 aliphatic rings. The summed E-state index contributed by atoms with van der Waals surface area (Å²) in [6.07, 6.45) is 2.11. The maximum atomic E-state index is 13.4. The fourth-order valence-electron chi connectivity index (χ4n) is 1.57. The van der Waals surface area contributed by atoms with Crippen molar-refractivity contribution in [1.29, 1.82) is 0 Å². The van der Waals surface area contributed by atoms with Gasteiger partial charge in [0.25, 0.3) is 0 Å². The summed E-state index contributed by atoms with van der Waals surface area (Å²) in [7, 11) is -3.74. The Kier molecular flexibility index (Phi) is 4.05. The van der Waals surface area contributed by atoms with Gasteiger partial charge in [-0.3, -0.25) is 4.72 Å². The monoisotopic (exact) mass is 290 g/mol. The zero-order chi connectivity index (χ0) is 14.0. The predicted molar refractivity (Wildman–Crippen MR) is 69.4 cm³/mol. The highest BCUT2D eigenvalue weighted by molar-refractivity contribution is 7.93. The van der Waals surface area contributed by atoms with Gasteiger partial charge in [-0.15, -0.1) is 0 Å². The number of anilines is 1. The fraction of sp³-hybridized carbons (Fsp3) is 0.500. The molecule has 1 aromatic rings. The Morgan fingerprint density at radius 3 is 2.68 bits per heavy atom. The highest BCUT2D eigenvalue weighted by atomic mass is 32.2. The average molecular weight is 290 g/mol. The van der Waals surface area contributed by atoms with Crippen LogP contribution in [-0.2, 0) is 10.0 Å². The van der Waals surface area contributed by atoms with Gasteiger partial charge in [0, 0.05) is 12.6 Å². The van der Waals surface area contributed by atoms with Crippen molar-refractivity contribution in [2.24, 2.45) is 0 Å². The molecular formula is C12H16F2N2O2S. The Hall–Kier alpha value is -1.21. The number of halogens is 2. The van der Waals surface area contributed by atoms with Crippen LogP contribution in [-0.4, -0.2) is 26.3 Å². The van der Waals surface area contributed by atoms with Crippen molar-refractivity contribution >= 4 is 15.7 Å². The Labute approximate surface area is 111 Å². The molecule has 1 fully saturated rings. The van der Waals surface area contributed by atoms with Crippen LogP contribution in [0.15, 0.2) is 18.2 Å². The lowest BCUT2D eigenvalue weighted by Gasteiger charge is -2.15. The van der Waals surface area contributed by atoms with Crippen molar-refractivity contribution in [3.8, 4) is 0 Å². The summed E-state index contributed by atoms with van der Waals surface area (Å²) < 4.78 is 52.4. The van der Waals surface area contributed by atoms with E-state index in [0.717, 1.165) is 18.9 Å². The van der Waals surface area contributed by atoms with Crippen molar-refractivity contribution < 1.29 is 17.2 Å². The first-order chi connectivity index (χ1) is 8.90. The van der Waals surface area contributed by atoms with Crippen molar-refractivity contribution in [2.75, 3.05) is 11.3 Å². The van der Waals surface area contributed by atoms with Crippen LogP contribution in [0.4, 0.5) is 14.5 Å². The summed E-state index contributed by atoms with van der Waals surface area (Å²) in [5, 5.41) is 2.36. The van der Waals surface area contributed by atoms with Crippen LogP contribution in [0.3, 0.4) is 0 Å².